The number of nitrogens with zero attached hydrogens (tertiary/aromatic N) is 4. The number of nitro groups is 3. The monoisotopic (exact) mass is 967 g/mol. The largest absolute Gasteiger partial charge is 0.495 e. The van der Waals surface area contributed by atoms with Crippen molar-refractivity contribution in [3.8, 4) is 23.0 Å². The normalized spacial score (nSPS) is 8.59. The smallest absolute Gasteiger partial charge is 0.387 e. The van der Waals surface area contributed by atoms with Gasteiger partial charge in [-0.25, -0.2) is 4.79 Å². The van der Waals surface area contributed by atoms with Crippen molar-refractivity contribution in [2.45, 2.75) is 0 Å². The number of ether oxygens (including phenoxy) is 4. The first kappa shape index (κ1) is 64.4. The second kappa shape index (κ2) is 35.5. The summed E-state index contributed by atoms with van der Waals surface area (Å²) in [6.45, 7) is 6.55. The predicted molar refractivity (Wildman–Crippen MR) is 299 cm³/mol. The first-order valence-electron chi connectivity index (χ1n) is 20.6. The van der Waals surface area contributed by atoms with Crippen LogP contribution in [0.25, 0.3) is 11.0 Å². The molecule has 13 radical (unpaired) electrons. The Kier molecular flexibility index (Phi) is 31.3. The van der Waals surface area contributed by atoms with E-state index < -0.39 is 45.3 Å². The number of imidazole rings is 1. The van der Waals surface area contributed by atoms with Crippen molar-refractivity contribution >= 4 is 124 Å². The predicted octanol–water partition coefficient (Wildman–Crippen LogP) is 3.36. The first-order valence-corrected chi connectivity index (χ1v) is 20.6. The summed E-state index contributed by atoms with van der Waals surface area (Å²) in [5.74, 6) is 1.83. The van der Waals surface area contributed by atoms with Crippen LogP contribution in [0.1, 0.15) is 0 Å². The van der Waals surface area contributed by atoms with E-state index in [0.717, 1.165) is 28.5 Å². The third-order valence-electron chi connectivity index (χ3n) is 8.98. The van der Waals surface area contributed by atoms with E-state index in [2.05, 4.69) is 85.1 Å². The fraction of sp³-hybridized carbons (Fsp3) is 0.163. The van der Waals surface area contributed by atoms with Gasteiger partial charge < -0.3 is 40.3 Å². The Hall–Kier alpha value is -8.58. The summed E-state index contributed by atoms with van der Waals surface area (Å²) in [4.78, 5) is 43.4. The third kappa shape index (κ3) is 21.5. The number of nitrogens with two attached hydrogens (primary N) is 1. The molecule has 30 heteroatoms. The zero-order valence-corrected chi connectivity index (χ0v) is 41.1. The van der Waals surface area contributed by atoms with Crippen LogP contribution in [-0.2, 0) is 7.05 Å². The van der Waals surface area contributed by atoms with E-state index in [0.29, 0.717) is 22.9 Å². The van der Waals surface area contributed by atoms with Crippen molar-refractivity contribution in [1.29, 1.82) is 0 Å². The highest BCUT2D eigenvalue weighted by molar-refractivity contribution is 8.02. The molecule has 0 amide bonds. The maximum Gasteiger partial charge on any atom is 0.387 e. The number of hydrogen-bond donors (Lipinski definition) is 4. The Bertz CT molecular complexity index is 3000. The van der Waals surface area contributed by atoms with Gasteiger partial charge in [-0.05, 0) is 89.7 Å². The minimum Gasteiger partial charge on any atom is -0.495 e. The number of H-pyrrole nitrogens is 1. The number of anilines is 3. The number of nitro benzene ring substituents is 3. The van der Waals surface area contributed by atoms with Gasteiger partial charge in [0.2, 0.25) is 5.75 Å². The van der Waals surface area contributed by atoms with Gasteiger partial charge in [-0.3, -0.25) is 34.9 Å². The van der Waals surface area contributed by atoms with Gasteiger partial charge in [0.1, 0.15) is 22.8 Å². The van der Waals surface area contributed by atoms with Gasteiger partial charge in [0.05, 0.1) is 60.1 Å². The lowest BCUT2D eigenvalue weighted by atomic mass is 8.56. The van der Waals surface area contributed by atoms with Crippen LogP contribution in [0.3, 0.4) is 0 Å². The van der Waals surface area contributed by atoms with Crippen LogP contribution in [-0.4, -0.2) is 146 Å². The molecule has 5 rings (SSSR count). The minimum absolute atomic E-state index is 0.0156. The van der Waals surface area contributed by atoms with Crippen LogP contribution < -0.4 is 41.0 Å². The Morgan fingerprint density at radius 1 is 0.644 bits per heavy atom. The molecule has 1 heterocycles. The summed E-state index contributed by atoms with van der Waals surface area (Å²) < 4.78 is 21.4. The molecule has 0 aliphatic rings. The molecule has 0 saturated heterocycles. The number of hydrogen-bond acceptors (Lipinski definition) is 14. The Labute approximate surface area is 433 Å². The van der Waals surface area contributed by atoms with Gasteiger partial charge in [-0.2, -0.15) is 0 Å². The van der Waals surface area contributed by atoms with E-state index in [9.17, 15) is 35.1 Å². The highest BCUT2D eigenvalue weighted by Gasteiger charge is 2.29. The van der Waals surface area contributed by atoms with E-state index in [1.54, 1.807) is 40.4 Å². The summed E-state index contributed by atoms with van der Waals surface area (Å²) in [6.07, 6.45) is -2.15. The SMILES string of the molecule is C=C=C=C=C=C=C=C=C=C=C.CNc1c(N)cccc1OC.CNc1c(OC)cccc1[N+](=O)[O-].COc1cccc([N+](=O)[O-])c1[N+](=O)[O-].COc1cccc2[nH]c(=O)n(C)c12.[B][B]B([B])B(B([B])[B])B([B])[B]. The lowest BCUT2D eigenvalue weighted by molar-refractivity contribution is -0.423. The van der Waals surface area contributed by atoms with Crippen LogP contribution in [0.5, 0.6) is 23.0 Å². The lowest BCUT2D eigenvalue weighted by Gasteiger charge is -2.25. The Morgan fingerprint density at radius 3 is 1.44 bits per heavy atom. The fourth-order valence-electron chi connectivity index (χ4n) is 5.66. The summed E-state index contributed by atoms with van der Waals surface area (Å²) in [6, 6.07) is 19.4. The standard InChI is InChI=1S/C11H4.C9H10N2O2.C8H10N2O3.C8H12N2O.C7H6N2O5.B11/c1-3-5-7-9-11-10-8-6-4-2;1-11-8-6(10-9(11)12)4-3-5-7(8)13-2;1-9-8-6(10(11)12)4-3-5-7(8)13-2;1-10-8-6(9)4-3-5-7(8)11-2;1-14-6-4-2-3-5(8(10)11)7(6)9(12)13;1-7-10(6)11(8(2)3)9(4)5/h1-2H2;3-5H,1-2H3,(H,10,12);3-5,9H,1-2H3;3-5,10H,9H2,1-2H3;2-4H,1H3;. The molecular weight excluding hydrogens is 923 g/mol. The quantitative estimate of drug-likeness (QED) is 0.0434. The number of benzene rings is 4. The van der Waals surface area contributed by atoms with Crippen LogP contribution in [0.4, 0.5) is 34.1 Å². The summed E-state index contributed by atoms with van der Waals surface area (Å²) in [5, 5.41) is 37.2. The van der Waals surface area contributed by atoms with Gasteiger partial charge in [0.15, 0.2) is 5.69 Å². The van der Waals surface area contributed by atoms with Gasteiger partial charge in [-0.1, -0.05) is 35.7 Å². The van der Waals surface area contributed by atoms with Gasteiger partial charge >= 0.3 is 17.1 Å². The molecule has 4 aromatic carbocycles. The van der Waals surface area contributed by atoms with E-state index >= 15 is 0 Å². The number of fused-ring (bicyclic) bond motifs is 1. The lowest BCUT2D eigenvalue weighted by Crippen LogP contribution is -2.63. The van der Waals surface area contributed by atoms with Crippen molar-refractivity contribution in [2.24, 2.45) is 7.05 Å². The molecule has 0 aliphatic heterocycles. The molecule has 0 aliphatic carbocycles. The molecule has 0 spiro atoms. The number of methoxy groups -OCH3 is 4. The molecule has 19 nitrogen and oxygen atoms in total. The highest BCUT2D eigenvalue weighted by Crippen LogP contribution is 2.36. The maximum atomic E-state index is 11.3. The molecule has 1 aromatic heterocycles. The average Bonchev–Trinajstić information content (AvgIpc) is 3.67. The molecule has 0 fully saturated rings. The number of aromatic nitrogens is 2. The third-order valence-corrected chi connectivity index (χ3v) is 8.98. The van der Waals surface area contributed by atoms with Crippen molar-refractivity contribution in [3.63, 3.8) is 0 Å². The Balaban J connectivity index is 0.000000855. The van der Waals surface area contributed by atoms with Crippen molar-refractivity contribution in [3.05, 3.63) is 178 Å². The molecular formula is C43H42B11N8O11. The topological polar surface area (TPSA) is 254 Å². The van der Waals surface area contributed by atoms with E-state index in [1.165, 1.54) is 44.0 Å². The summed E-state index contributed by atoms with van der Waals surface area (Å²) >= 11 is 0. The number of nitrogens with one attached hydrogen (secondary N) is 3. The molecule has 0 unspecified atom stereocenters. The van der Waals surface area contributed by atoms with E-state index in [1.807, 2.05) is 43.4 Å². The van der Waals surface area contributed by atoms with Crippen molar-refractivity contribution in [2.75, 3.05) is 58.9 Å². The zero-order chi connectivity index (χ0) is 55.6. The first-order chi connectivity index (χ1) is 34.7. The maximum absolute atomic E-state index is 11.3. The van der Waals surface area contributed by atoms with Crippen molar-refractivity contribution < 1.29 is 33.7 Å². The second-order valence-electron chi connectivity index (χ2n) is 13.5. The average molecular weight is 966 g/mol. The Morgan fingerprint density at radius 2 is 1.05 bits per heavy atom. The molecule has 73 heavy (non-hydrogen) atoms. The van der Waals surface area contributed by atoms with E-state index in [-0.39, 0.29) is 23.5 Å². The van der Waals surface area contributed by atoms with Crippen LogP contribution in [0.15, 0.2) is 142 Å². The minimum atomic E-state index is -0.836. The van der Waals surface area contributed by atoms with Gasteiger partial charge in [0, 0.05) is 112 Å². The fourth-order valence-corrected chi connectivity index (χ4v) is 5.66. The molecule has 0 atom stereocenters. The van der Waals surface area contributed by atoms with Gasteiger partial charge in [0.25, 0.3) is 5.69 Å². The summed E-state index contributed by atoms with van der Waals surface area (Å²) in [5.41, 5.74) is 29.8. The van der Waals surface area contributed by atoms with Gasteiger partial charge in [-0.15, -0.1) is 0 Å². The molecule has 0 bridgehead atoms. The van der Waals surface area contributed by atoms with E-state index in [4.69, 9.17) is 66.4 Å². The number of para-hydroxylation sites is 4. The second-order valence-corrected chi connectivity index (χ2v) is 13.5. The molecule has 5 N–H and O–H groups in total. The molecule has 5 aromatic rings. The molecule has 0 saturated carbocycles. The van der Waals surface area contributed by atoms with Crippen LogP contribution in [0.2, 0.25) is 0 Å². The van der Waals surface area contributed by atoms with Crippen molar-refractivity contribution in [1.82, 2.24) is 9.55 Å². The summed E-state index contributed by atoms with van der Waals surface area (Å²) in [7, 11) is 44.5. The number of rotatable bonds is 13. The highest BCUT2D eigenvalue weighted by atomic mass is 16.6. The number of aryl methyl sites for hydroxylation is 1. The van der Waals surface area contributed by atoms with Crippen LogP contribution >= 0.6 is 0 Å². The zero-order valence-electron chi connectivity index (χ0n) is 41.1. The van der Waals surface area contributed by atoms with Crippen LogP contribution in [0, 0.1) is 30.3 Å². The number of aromatic amines is 1. The number of nitrogen functional groups attached to an aromatic ring is 1. The molecule has 353 valence electrons.